The van der Waals surface area contributed by atoms with Gasteiger partial charge in [-0.15, -0.1) is 0 Å². The Hall–Kier alpha value is -0.750. The molecule has 1 aromatic rings. The molecule has 0 atom stereocenters. The SMILES string of the molecule is Cc1ccc2c(c1)C(Cl)=CC2. The van der Waals surface area contributed by atoms with Crippen molar-refractivity contribution in [2.24, 2.45) is 0 Å². The molecule has 1 aliphatic carbocycles. The molecule has 0 unspecified atom stereocenters. The third-order valence-corrected chi connectivity index (χ3v) is 2.38. The van der Waals surface area contributed by atoms with Crippen molar-refractivity contribution >= 4 is 16.6 Å². The Labute approximate surface area is 71.5 Å². The van der Waals surface area contributed by atoms with Crippen molar-refractivity contribution in [2.75, 3.05) is 0 Å². The average molecular weight is 165 g/mol. The number of halogens is 1. The van der Waals surface area contributed by atoms with Gasteiger partial charge in [-0.1, -0.05) is 41.4 Å². The molecule has 0 nitrogen and oxygen atoms in total. The highest BCUT2D eigenvalue weighted by atomic mass is 35.5. The molecule has 0 saturated heterocycles. The maximum Gasteiger partial charge on any atom is 0.0444 e. The molecule has 0 fully saturated rings. The predicted octanol–water partition coefficient (Wildman–Crippen LogP) is 3.13. The van der Waals surface area contributed by atoms with Crippen LogP contribution in [0.4, 0.5) is 0 Å². The van der Waals surface area contributed by atoms with Crippen molar-refractivity contribution in [3.63, 3.8) is 0 Å². The van der Waals surface area contributed by atoms with Crippen LogP contribution < -0.4 is 0 Å². The lowest BCUT2D eigenvalue weighted by Crippen LogP contribution is -1.82. The van der Waals surface area contributed by atoms with Crippen LogP contribution >= 0.6 is 11.6 Å². The van der Waals surface area contributed by atoms with Crippen molar-refractivity contribution in [3.8, 4) is 0 Å². The molecule has 0 saturated carbocycles. The van der Waals surface area contributed by atoms with Crippen molar-refractivity contribution in [1.82, 2.24) is 0 Å². The van der Waals surface area contributed by atoms with E-state index in [9.17, 15) is 0 Å². The fourth-order valence-electron chi connectivity index (χ4n) is 1.40. The van der Waals surface area contributed by atoms with E-state index in [2.05, 4.69) is 31.2 Å². The number of allylic oxidation sites excluding steroid dienone is 1. The van der Waals surface area contributed by atoms with Crippen LogP contribution in [0.3, 0.4) is 0 Å². The van der Waals surface area contributed by atoms with Crippen LogP contribution in [0.2, 0.25) is 0 Å². The van der Waals surface area contributed by atoms with E-state index in [4.69, 9.17) is 11.6 Å². The molecule has 2 rings (SSSR count). The minimum atomic E-state index is 0.906. The number of fused-ring (bicyclic) bond motifs is 1. The Kier molecular flexibility index (Phi) is 1.50. The van der Waals surface area contributed by atoms with Gasteiger partial charge in [-0.3, -0.25) is 0 Å². The van der Waals surface area contributed by atoms with Crippen LogP contribution in [-0.4, -0.2) is 0 Å². The van der Waals surface area contributed by atoms with Gasteiger partial charge in [-0.05, 0) is 24.5 Å². The fraction of sp³-hybridized carbons (Fsp3) is 0.200. The van der Waals surface area contributed by atoms with Crippen LogP contribution in [0.25, 0.3) is 5.03 Å². The highest BCUT2D eigenvalue weighted by molar-refractivity contribution is 6.49. The first-order valence-electron chi connectivity index (χ1n) is 3.73. The highest BCUT2D eigenvalue weighted by Crippen LogP contribution is 2.30. The van der Waals surface area contributed by atoms with Crippen LogP contribution in [0.15, 0.2) is 24.3 Å². The zero-order valence-electron chi connectivity index (χ0n) is 6.39. The molecule has 11 heavy (non-hydrogen) atoms. The third kappa shape index (κ3) is 1.08. The van der Waals surface area contributed by atoms with Crippen LogP contribution in [0.5, 0.6) is 0 Å². The first-order valence-corrected chi connectivity index (χ1v) is 4.11. The highest BCUT2D eigenvalue weighted by Gasteiger charge is 2.10. The molecule has 1 aromatic carbocycles. The summed E-state index contributed by atoms with van der Waals surface area (Å²) in [5, 5.41) is 0.906. The second-order valence-corrected chi connectivity index (χ2v) is 3.32. The van der Waals surface area contributed by atoms with E-state index in [1.807, 2.05) is 0 Å². The summed E-state index contributed by atoms with van der Waals surface area (Å²) in [4.78, 5) is 0. The number of hydrogen-bond acceptors (Lipinski definition) is 0. The maximum absolute atomic E-state index is 5.98. The first-order chi connectivity index (χ1) is 5.27. The van der Waals surface area contributed by atoms with Gasteiger partial charge >= 0.3 is 0 Å². The van der Waals surface area contributed by atoms with Crippen molar-refractivity contribution in [2.45, 2.75) is 13.3 Å². The van der Waals surface area contributed by atoms with E-state index >= 15 is 0 Å². The molecule has 0 amide bonds. The summed E-state index contributed by atoms with van der Waals surface area (Å²) in [7, 11) is 0. The van der Waals surface area contributed by atoms with Crippen LogP contribution in [0.1, 0.15) is 16.7 Å². The molecule has 0 bridgehead atoms. The van der Waals surface area contributed by atoms with Crippen molar-refractivity contribution in [3.05, 3.63) is 41.0 Å². The zero-order chi connectivity index (χ0) is 7.84. The summed E-state index contributed by atoms with van der Waals surface area (Å²) >= 11 is 5.98. The van der Waals surface area contributed by atoms with Gasteiger partial charge in [0.05, 0.1) is 0 Å². The van der Waals surface area contributed by atoms with E-state index in [0.29, 0.717) is 0 Å². The van der Waals surface area contributed by atoms with E-state index < -0.39 is 0 Å². The predicted molar refractivity (Wildman–Crippen MR) is 48.7 cm³/mol. The molecule has 0 aromatic heterocycles. The summed E-state index contributed by atoms with van der Waals surface area (Å²) < 4.78 is 0. The number of hydrogen-bond donors (Lipinski definition) is 0. The minimum Gasteiger partial charge on any atom is -0.0840 e. The fourth-order valence-corrected chi connectivity index (χ4v) is 1.65. The molecule has 0 aliphatic heterocycles. The molecular formula is C10H9Cl. The summed E-state index contributed by atoms with van der Waals surface area (Å²) in [5.41, 5.74) is 3.84. The largest absolute Gasteiger partial charge is 0.0840 e. The second kappa shape index (κ2) is 2.38. The maximum atomic E-state index is 5.98. The molecule has 0 heterocycles. The molecule has 56 valence electrons. The summed E-state index contributed by atoms with van der Waals surface area (Å²) in [6, 6.07) is 6.42. The number of rotatable bonds is 0. The Morgan fingerprint density at radius 2 is 2.18 bits per heavy atom. The van der Waals surface area contributed by atoms with Gasteiger partial charge < -0.3 is 0 Å². The molecular weight excluding hydrogens is 156 g/mol. The summed E-state index contributed by atoms with van der Waals surface area (Å²) in [6.45, 7) is 2.09. The van der Waals surface area contributed by atoms with Gasteiger partial charge in [0.1, 0.15) is 0 Å². The molecule has 0 radical (unpaired) electrons. The van der Waals surface area contributed by atoms with Gasteiger partial charge in [-0.25, -0.2) is 0 Å². The van der Waals surface area contributed by atoms with E-state index in [-0.39, 0.29) is 0 Å². The first kappa shape index (κ1) is 6.93. The molecule has 1 heteroatoms. The van der Waals surface area contributed by atoms with Gasteiger partial charge in [0.15, 0.2) is 0 Å². The zero-order valence-corrected chi connectivity index (χ0v) is 7.15. The Bertz CT molecular complexity index is 324. The summed E-state index contributed by atoms with van der Waals surface area (Å²) in [6.07, 6.45) is 3.06. The monoisotopic (exact) mass is 164 g/mol. The Morgan fingerprint density at radius 3 is 3.00 bits per heavy atom. The van der Waals surface area contributed by atoms with Crippen LogP contribution in [0, 0.1) is 6.92 Å². The average Bonchev–Trinajstić information content (AvgIpc) is 2.33. The third-order valence-electron chi connectivity index (χ3n) is 2.02. The summed E-state index contributed by atoms with van der Waals surface area (Å²) in [5.74, 6) is 0. The van der Waals surface area contributed by atoms with Crippen LogP contribution in [-0.2, 0) is 6.42 Å². The van der Waals surface area contributed by atoms with Crippen molar-refractivity contribution in [1.29, 1.82) is 0 Å². The van der Waals surface area contributed by atoms with Gasteiger partial charge in [-0.2, -0.15) is 0 Å². The minimum absolute atomic E-state index is 0.906. The normalized spacial score (nSPS) is 14.5. The second-order valence-electron chi connectivity index (χ2n) is 2.92. The molecule has 0 spiro atoms. The van der Waals surface area contributed by atoms with E-state index in [1.165, 1.54) is 16.7 Å². The number of benzene rings is 1. The lowest BCUT2D eigenvalue weighted by molar-refractivity contribution is 1.29. The number of aryl methyl sites for hydroxylation is 1. The Balaban J connectivity index is 2.60. The Morgan fingerprint density at radius 1 is 1.36 bits per heavy atom. The smallest absolute Gasteiger partial charge is 0.0444 e. The lowest BCUT2D eigenvalue weighted by Gasteiger charge is -2.00. The van der Waals surface area contributed by atoms with E-state index in [0.717, 1.165) is 11.5 Å². The standard InChI is InChI=1S/C10H9Cl/c1-7-2-3-8-4-5-10(11)9(8)6-7/h2-3,5-6H,4H2,1H3. The lowest BCUT2D eigenvalue weighted by atomic mass is 10.1. The van der Waals surface area contributed by atoms with Gasteiger partial charge in [0.25, 0.3) is 0 Å². The van der Waals surface area contributed by atoms with E-state index in [1.54, 1.807) is 0 Å². The van der Waals surface area contributed by atoms with Crippen molar-refractivity contribution < 1.29 is 0 Å². The van der Waals surface area contributed by atoms with Gasteiger partial charge in [0, 0.05) is 5.03 Å². The van der Waals surface area contributed by atoms with Gasteiger partial charge in [0.2, 0.25) is 0 Å². The molecule has 1 aliphatic rings. The topological polar surface area (TPSA) is 0 Å². The molecule has 0 N–H and O–H groups in total. The quantitative estimate of drug-likeness (QED) is 0.553.